The minimum absolute atomic E-state index is 0.185. The predicted octanol–water partition coefficient (Wildman–Crippen LogP) is 1.33. The summed E-state index contributed by atoms with van der Waals surface area (Å²) in [6.45, 7) is 0. The van der Waals surface area contributed by atoms with Crippen molar-refractivity contribution in [2.24, 2.45) is 5.73 Å². The van der Waals surface area contributed by atoms with Gasteiger partial charge in [0.1, 0.15) is 5.82 Å². The highest BCUT2D eigenvalue weighted by Gasteiger charge is 1.99. The molecule has 96 valence electrons. The molecule has 19 heavy (non-hydrogen) atoms. The van der Waals surface area contributed by atoms with Gasteiger partial charge in [-0.25, -0.2) is 4.98 Å². The van der Waals surface area contributed by atoms with Crippen molar-refractivity contribution < 1.29 is 4.79 Å². The summed E-state index contributed by atoms with van der Waals surface area (Å²) in [5, 5.41) is 0. The maximum atomic E-state index is 11.2. The smallest absolute Gasteiger partial charge is 0.251 e. The lowest BCUT2D eigenvalue weighted by Gasteiger charge is -2.00. The average Bonchev–Trinajstić information content (AvgIpc) is 2.39. The quantitative estimate of drug-likeness (QED) is 0.863. The molecule has 1 amide bonds. The molecule has 0 saturated heterocycles. The Morgan fingerprint density at radius 3 is 2.63 bits per heavy atom. The lowest BCUT2D eigenvalue weighted by molar-refractivity contribution is -0.117. The van der Waals surface area contributed by atoms with E-state index >= 15 is 0 Å². The lowest BCUT2D eigenvalue weighted by Crippen LogP contribution is -2.07. The first-order valence-corrected chi connectivity index (χ1v) is 5.76. The Balaban J connectivity index is 2.17. The van der Waals surface area contributed by atoms with Crippen LogP contribution in [0.25, 0.3) is 17.5 Å². The highest BCUT2D eigenvalue weighted by atomic mass is 16.1. The molecule has 1 aromatic carbocycles. The molecule has 0 saturated carbocycles. The predicted molar refractivity (Wildman–Crippen MR) is 73.1 cm³/mol. The van der Waals surface area contributed by atoms with E-state index in [9.17, 15) is 9.59 Å². The number of amides is 1. The van der Waals surface area contributed by atoms with Crippen molar-refractivity contribution in [1.29, 1.82) is 0 Å². The molecule has 0 radical (unpaired) electrons. The number of rotatable bonds is 4. The van der Waals surface area contributed by atoms with E-state index in [1.165, 1.54) is 12.3 Å². The van der Waals surface area contributed by atoms with Crippen LogP contribution < -0.4 is 11.3 Å². The van der Waals surface area contributed by atoms with Crippen LogP contribution in [0.3, 0.4) is 0 Å². The third-order valence-electron chi connectivity index (χ3n) is 2.48. The standard InChI is InChI=1S/C14H13N3O2/c15-12(18)3-1-2-10-4-6-11(7-5-10)14-16-9-8-13(19)17-14/h1-2,4-9H,3H2,(H2,15,18)(H,16,17,19). The van der Waals surface area contributed by atoms with Gasteiger partial charge in [-0.15, -0.1) is 0 Å². The lowest BCUT2D eigenvalue weighted by atomic mass is 10.1. The van der Waals surface area contributed by atoms with Crippen LogP contribution in [0.2, 0.25) is 0 Å². The maximum Gasteiger partial charge on any atom is 0.251 e. The van der Waals surface area contributed by atoms with Crippen molar-refractivity contribution in [1.82, 2.24) is 9.97 Å². The molecule has 0 aliphatic rings. The number of aromatic amines is 1. The van der Waals surface area contributed by atoms with E-state index in [4.69, 9.17) is 5.73 Å². The monoisotopic (exact) mass is 255 g/mol. The second-order valence-corrected chi connectivity index (χ2v) is 3.98. The van der Waals surface area contributed by atoms with Crippen LogP contribution in [-0.4, -0.2) is 15.9 Å². The normalized spacial score (nSPS) is 10.7. The van der Waals surface area contributed by atoms with Crippen molar-refractivity contribution >= 4 is 12.0 Å². The molecule has 0 atom stereocenters. The number of H-pyrrole nitrogens is 1. The topological polar surface area (TPSA) is 88.8 Å². The molecule has 5 heteroatoms. The van der Waals surface area contributed by atoms with Gasteiger partial charge in [0, 0.05) is 24.2 Å². The first-order valence-electron chi connectivity index (χ1n) is 5.76. The Morgan fingerprint density at radius 2 is 2.00 bits per heavy atom. The molecule has 2 rings (SSSR count). The average molecular weight is 255 g/mol. The van der Waals surface area contributed by atoms with Crippen LogP contribution in [0.5, 0.6) is 0 Å². The van der Waals surface area contributed by atoms with Crippen molar-refractivity contribution in [2.45, 2.75) is 6.42 Å². The Bertz CT molecular complexity index is 657. The van der Waals surface area contributed by atoms with Crippen molar-refractivity contribution in [3.8, 4) is 11.4 Å². The largest absolute Gasteiger partial charge is 0.369 e. The Labute approximate surface area is 109 Å². The number of nitrogens with two attached hydrogens (primary N) is 1. The molecular weight excluding hydrogens is 242 g/mol. The fourth-order valence-corrected chi connectivity index (χ4v) is 1.58. The van der Waals surface area contributed by atoms with Gasteiger partial charge in [0.25, 0.3) is 5.56 Å². The van der Waals surface area contributed by atoms with Gasteiger partial charge in [0.15, 0.2) is 0 Å². The SMILES string of the molecule is NC(=O)CC=Cc1ccc(-c2nccc(=O)[nH]2)cc1. The highest BCUT2D eigenvalue weighted by molar-refractivity contribution is 5.76. The van der Waals surface area contributed by atoms with E-state index in [0.29, 0.717) is 5.82 Å². The summed E-state index contributed by atoms with van der Waals surface area (Å²) < 4.78 is 0. The van der Waals surface area contributed by atoms with Gasteiger partial charge in [-0.2, -0.15) is 0 Å². The second kappa shape index (κ2) is 5.77. The number of aromatic nitrogens is 2. The summed E-state index contributed by atoms with van der Waals surface area (Å²) in [5.41, 5.74) is 6.63. The molecule has 0 unspecified atom stereocenters. The van der Waals surface area contributed by atoms with Gasteiger partial charge >= 0.3 is 0 Å². The third-order valence-corrected chi connectivity index (χ3v) is 2.48. The van der Waals surface area contributed by atoms with E-state index in [-0.39, 0.29) is 17.9 Å². The maximum absolute atomic E-state index is 11.2. The minimum Gasteiger partial charge on any atom is -0.369 e. The summed E-state index contributed by atoms with van der Waals surface area (Å²) in [4.78, 5) is 28.5. The van der Waals surface area contributed by atoms with E-state index in [1.807, 2.05) is 30.3 Å². The fraction of sp³-hybridized carbons (Fsp3) is 0.0714. The van der Waals surface area contributed by atoms with Crippen LogP contribution in [0, 0.1) is 0 Å². The number of carbonyl (C=O) groups is 1. The van der Waals surface area contributed by atoms with Crippen LogP contribution >= 0.6 is 0 Å². The summed E-state index contributed by atoms with van der Waals surface area (Å²) in [5.74, 6) is 0.166. The fourth-order valence-electron chi connectivity index (χ4n) is 1.58. The van der Waals surface area contributed by atoms with Gasteiger partial charge in [0.05, 0.1) is 0 Å². The number of carbonyl (C=O) groups excluding carboxylic acids is 1. The van der Waals surface area contributed by atoms with Gasteiger partial charge in [0.2, 0.25) is 5.91 Å². The summed E-state index contributed by atoms with van der Waals surface area (Å²) in [6.07, 6.45) is 5.21. The van der Waals surface area contributed by atoms with Crippen LogP contribution in [0.4, 0.5) is 0 Å². The van der Waals surface area contributed by atoms with E-state index in [0.717, 1.165) is 11.1 Å². The molecule has 0 spiro atoms. The molecule has 5 nitrogen and oxygen atoms in total. The van der Waals surface area contributed by atoms with Gasteiger partial charge in [-0.1, -0.05) is 36.4 Å². The number of hydrogen-bond donors (Lipinski definition) is 2. The van der Waals surface area contributed by atoms with E-state index < -0.39 is 0 Å². The van der Waals surface area contributed by atoms with Gasteiger partial charge in [-0.05, 0) is 5.56 Å². The Morgan fingerprint density at radius 1 is 1.26 bits per heavy atom. The molecule has 0 aliphatic heterocycles. The summed E-state index contributed by atoms with van der Waals surface area (Å²) in [7, 11) is 0. The molecule has 1 heterocycles. The highest BCUT2D eigenvalue weighted by Crippen LogP contribution is 2.14. The Hall–Kier alpha value is -2.69. The molecule has 0 bridgehead atoms. The minimum atomic E-state index is -0.362. The third kappa shape index (κ3) is 3.64. The Kier molecular flexibility index (Phi) is 3.87. The number of benzene rings is 1. The zero-order chi connectivity index (χ0) is 13.7. The number of hydrogen-bond acceptors (Lipinski definition) is 3. The zero-order valence-electron chi connectivity index (χ0n) is 10.2. The van der Waals surface area contributed by atoms with Crippen molar-refractivity contribution in [2.75, 3.05) is 0 Å². The van der Waals surface area contributed by atoms with E-state index in [1.54, 1.807) is 6.08 Å². The van der Waals surface area contributed by atoms with Gasteiger partial charge in [-0.3, -0.25) is 9.59 Å². The van der Waals surface area contributed by atoms with E-state index in [2.05, 4.69) is 9.97 Å². The van der Waals surface area contributed by atoms with Crippen LogP contribution in [-0.2, 0) is 4.79 Å². The molecular formula is C14H13N3O2. The molecule has 2 aromatic rings. The number of nitrogens with one attached hydrogen (secondary N) is 1. The number of nitrogens with zero attached hydrogens (tertiary/aromatic N) is 1. The van der Waals surface area contributed by atoms with Crippen molar-refractivity contribution in [3.05, 3.63) is 58.5 Å². The first kappa shape index (κ1) is 12.8. The molecule has 3 N–H and O–H groups in total. The second-order valence-electron chi connectivity index (χ2n) is 3.98. The van der Waals surface area contributed by atoms with Crippen LogP contribution in [0.15, 0.2) is 47.4 Å². The molecule has 0 fully saturated rings. The summed E-state index contributed by atoms with van der Waals surface area (Å²) >= 11 is 0. The molecule has 1 aromatic heterocycles. The molecule has 0 aliphatic carbocycles. The zero-order valence-corrected chi connectivity index (χ0v) is 10.2. The van der Waals surface area contributed by atoms with Gasteiger partial charge < -0.3 is 10.7 Å². The van der Waals surface area contributed by atoms with Crippen LogP contribution in [0.1, 0.15) is 12.0 Å². The number of primary amides is 1. The van der Waals surface area contributed by atoms with Crippen molar-refractivity contribution in [3.63, 3.8) is 0 Å². The first-order chi connectivity index (χ1) is 9.15. The summed E-state index contributed by atoms with van der Waals surface area (Å²) in [6, 6.07) is 8.81.